The fourth-order valence-corrected chi connectivity index (χ4v) is 1.30. The van der Waals surface area contributed by atoms with E-state index in [2.05, 4.69) is 9.72 Å². The van der Waals surface area contributed by atoms with Crippen molar-refractivity contribution >= 4 is 23.3 Å². The number of hydrogen-bond donors (Lipinski definition) is 0. The van der Waals surface area contributed by atoms with E-state index in [-0.39, 0.29) is 10.7 Å². The normalized spacial score (nSPS) is 15.2. The summed E-state index contributed by atoms with van der Waals surface area (Å²) in [6, 6.07) is 0. The Morgan fingerprint density at radius 1 is 1.40 bits per heavy atom. The lowest BCUT2D eigenvalue weighted by Crippen LogP contribution is -2.17. The van der Waals surface area contributed by atoms with Gasteiger partial charge in [0.15, 0.2) is 5.69 Å². The van der Waals surface area contributed by atoms with Crippen molar-refractivity contribution in [2.75, 3.05) is 0 Å². The van der Waals surface area contributed by atoms with E-state index in [4.69, 9.17) is 0 Å². The van der Waals surface area contributed by atoms with Gasteiger partial charge >= 0.3 is 11.9 Å². The van der Waals surface area contributed by atoms with Crippen LogP contribution in [-0.4, -0.2) is 16.9 Å². The molecule has 0 aromatic carbocycles. The van der Waals surface area contributed by atoms with E-state index in [0.717, 1.165) is 11.3 Å². The van der Waals surface area contributed by atoms with Crippen LogP contribution < -0.4 is 0 Å². The first-order valence-electron chi connectivity index (χ1n) is 2.49. The molecule has 0 amide bonds. The fourth-order valence-electron chi connectivity index (χ4n) is 0.641. The third-order valence-electron chi connectivity index (χ3n) is 1.07. The predicted octanol–water partition coefficient (Wildman–Crippen LogP) is 0.454. The van der Waals surface area contributed by atoms with Gasteiger partial charge in [0.1, 0.15) is 0 Å². The highest BCUT2D eigenvalue weighted by Gasteiger charge is 2.26. The monoisotopic (exact) mass is 155 g/mol. The highest BCUT2D eigenvalue weighted by molar-refractivity contribution is 7.12. The Bertz CT molecular complexity index is 288. The zero-order valence-electron chi connectivity index (χ0n) is 4.66. The fraction of sp³-hybridized carbons (Fsp3) is 0. The summed E-state index contributed by atoms with van der Waals surface area (Å²) in [6.45, 7) is 0. The molecule has 0 radical (unpaired) electrons. The molecule has 1 aromatic heterocycles. The number of carbonyl (C=O) groups is 2. The molecule has 0 fully saturated rings. The average Bonchev–Trinajstić information content (AvgIpc) is 2.28. The van der Waals surface area contributed by atoms with Gasteiger partial charge in [0, 0.05) is 5.38 Å². The van der Waals surface area contributed by atoms with Crippen LogP contribution in [0.4, 0.5) is 0 Å². The second kappa shape index (κ2) is 1.63. The smallest absolute Gasteiger partial charge is 0.375 e. The molecule has 2 heterocycles. The topological polar surface area (TPSA) is 56.3 Å². The lowest BCUT2D eigenvalue weighted by molar-refractivity contribution is 0.0376. The van der Waals surface area contributed by atoms with Crippen LogP contribution in [0.1, 0.15) is 20.3 Å². The number of cyclic esters (lactones) is 2. The highest BCUT2D eigenvalue weighted by atomic mass is 32.1. The maximum Gasteiger partial charge on any atom is 0.375 e. The molecular weight excluding hydrogens is 154 g/mol. The molecule has 0 spiro atoms. The van der Waals surface area contributed by atoms with Gasteiger partial charge in [-0.2, -0.15) is 0 Å². The molecule has 1 aromatic rings. The average molecular weight is 155 g/mol. The molecule has 0 aliphatic carbocycles. The Morgan fingerprint density at radius 3 is 3.00 bits per heavy atom. The summed E-state index contributed by atoms with van der Waals surface area (Å²) in [6.07, 6.45) is 0. The van der Waals surface area contributed by atoms with Crippen LogP contribution in [0.2, 0.25) is 0 Å². The third kappa shape index (κ3) is 0.577. The first-order valence-corrected chi connectivity index (χ1v) is 3.37. The van der Waals surface area contributed by atoms with Gasteiger partial charge in [-0.3, -0.25) is 0 Å². The highest BCUT2D eigenvalue weighted by Crippen LogP contribution is 2.17. The molecule has 0 saturated heterocycles. The maximum atomic E-state index is 10.6. The summed E-state index contributed by atoms with van der Waals surface area (Å²) in [7, 11) is 0. The van der Waals surface area contributed by atoms with Crippen LogP contribution in [-0.2, 0) is 4.74 Å². The number of hydrogen-bond acceptors (Lipinski definition) is 5. The van der Waals surface area contributed by atoms with Crippen molar-refractivity contribution < 1.29 is 14.3 Å². The van der Waals surface area contributed by atoms with Gasteiger partial charge in [-0.1, -0.05) is 0 Å². The summed E-state index contributed by atoms with van der Waals surface area (Å²) in [5.74, 6) is -1.30. The van der Waals surface area contributed by atoms with Crippen molar-refractivity contribution in [3.8, 4) is 0 Å². The van der Waals surface area contributed by atoms with Crippen molar-refractivity contribution in [2.45, 2.75) is 0 Å². The number of carbonyl (C=O) groups excluding carboxylic acids is 2. The van der Waals surface area contributed by atoms with Crippen LogP contribution >= 0.6 is 11.3 Å². The quantitative estimate of drug-likeness (QED) is 0.403. The van der Waals surface area contributed by atoms with Gasteiger partial charge in [0.25, 0.3) is 0 Å². The van der Waals surface area contributed by atoms with Crippen molar-refractivity contribution in [1.82, 2.24) is 4.98 Å². The van der Waals surface area contributed by atoms with Crippen molar-refractivity contribution in [3.05, 3.63) is 16.1 Å². The van der Waals surface area contributed by atoms with Gasteiger partial charge in [-0.05, 0) is 0 Å². The number of rotatable bonds is 0. The number of fused-ring (bicyclic) bond motifs is 2. The number of aromatic nitrogens is 1. The molecule has 0 atom stereocenters. The first kappa shape index (κ1) is 5.55. The standard InChI is InChI=1S/C5HNO3S/c7-4-2-1-10-3(6-2)5(8)9-4/h1H. The second-order valence-corrected chi connectivity index (χ2v) is 2.57. The Labute approximate surface area is 59.5 Å². The van der Waals surface area contributed by atoms with E-state index in [9.17, 15) is 9.59 Å². The Morgan fingerprint density at radius 2 is 2.20 bits per heavy atom. The Balaban J connectivity index is 2.66. The van der Waals surface area contributed by atoms with E-state index in [1.165, 1.54) is 5.38 Å². The SMILES string of the molecule is O=C1OC(=O)c2nc1cs2. The molecule has 0 saturated carbocycles. The largest absolute Gasteiger partial charge is 0.383 e. The van der Waals surface area contributed by atoms with Crippen molar-refractivity contribution in [3.63, 3.8) is 0 Å². The van der Waals surface area contributed by atoms with Gasteiger partial charge in [-0.15, -0.1) is 11.3 Å². The van der Waals surface area contributed by atoms with E-state index in [0.29, 0.717) is 0 Å². The minimum Gasteiger partial charge on any atom is -0.383 e. The minimum absolute atomic E-state index is 0.222. The third-order valence-corrected chi connectivity index (χ3v) is 1.90. The molecular formula is C5HNO3S. The van der Waals surface area contributed by atoms with E-state index in [1.807, 2.05) is 0 Å². The van der Waals surface area contributed by atoms with Gasteiger partial charge < -0.3 is 4.74 Å². The molecule has 5 heteroatoms. The molecule has 2 rings (SSSR count). The van der Waals surface area contributed by atoms with E-state index in [1.54, 1.807) is 0 Å². The van der Waals surface area contributed by atoms with Crippen molar-refractivity contribution in [1.29, 1.82) is 0 Å². The summed E-state index contributed by atoms with van der Waals surface area (Å²) in [5, 5.41) is 1.75. The molecule has 4 nitrogen and oxygen atoms in total. The molecule has 1 aliphatic heterocycles. The molecule has 50 valence electrons. The van der Waals surface area contributed by atoms with Crippen LogP contribution in [0.15, 0.2) is 5.38 Å². The number of thiazole rings is 1. The summed E-state index contributed by atoms with van der Waals surface area (Å²) in [5.41, 5.74) is 0.222. The molecule has 1 aliphatic rings. The van der Waals surface area contributed by atoms with Crippen LogP contribution in [0, 0.1) is 0 Å². The lowest BCUT2D eigenvalue weighted by Gasteiger charge is -2.00. The van der Waals surface area contributed by atoms with Gasteiger partial charge in [0.05, 0.1) is 0 Å². The molecule has 2 bridgehead atoms. The summed E-state index contributed by atoms with van der Waals surface area (Å²) >= 11 is 1.12. The lowest BCUT2D eigenvalue weighted by atomic mass is 10.5. The van der Waals surface area contributed by atoms with Gasteiger partial charge in [-0.25, -0.2) is 14.6 Å². The second-order valence-electron chi connectivity index (χ2n) is 1.71. The summed E-state index contributed by atoms with van der Waals surface area (Å²) < 4.78 is 4.28. The van der Waals surface area contributed by atoms with E-state index >= 15 is 0 Å². The van der Waals surface area contributed by atoms with Gasteiger partial charge in [0.2, 0.25) is 5.01 Å². The van der Waals surface area contributed by atoms with Crippen LogP contribution in [0.3, 0.4) is 0 Å². The Hall–Kier alpha value is -1.23. The number of esters is 2. The van der Waals surface area contributed by atoms with Crippen LogP contribution in [0.5, 0.6) is 0 Å². The molecule has 10 heavy (non-hydrogen) atoms. The zero-order chi connectivity index (χ0) is 7.14. The van der Waals surface area contributed by atoms with Crippen molar-refractivity contribution in [2.24, 2.45) is 0 Å². The number of nitrogens with zero attached hydrogens (tertiary/aromatic N) is 1. The summed E-state index contributed by atoms with van der Waals surface area (Å²) in [4.78, 5) is 24.9. The predicted molar refractivity (Wildman–Crippen MR) is 31.9 cm³/mol. The minimum atomic E-state index is -0.654. The Kier molecular flexibility index (Phi) is 0.906. The first-order chi connectivity index (χ1) is 4.77. The molecule has 0 unspecified atom stereocenters. The van der Waals surface area contributed by atoms with E-state index < -0.39 is 11.9 Å². The number of ether oxygens (including phenoxy) is 1. The van der Waals surface area contributed by atoms with Crippen LogP contribution in [0.25, 0.3) is 0 Å². The zero-order valence-corrected chi connectivity index (χ0v) is 5.47. The maximum absolute atomic E-state index is 10.6. The molecule has 0 N–H and O–H groups in total.